The van der Waals surface area contributed by atoms with Gasteiger partial charge in [0.1, 0.15) is 0 Å². The fourth-order valence-corrected chi connectivity index (χ4v) is 2.66. The molecule has 23 heavy (non-hydrogen) atoms. The summed E-state index contributed by atoms with van der Waals surface area (Å²) in [5.41, 5.74) is 0.942. The molecule has 1 saturated carbocycles. The number of aliphatic hydroxyl groups is 1. The first-order valence-corrected chi connectivity index (χ1v) is 8.31. The van der Waals surface area contributed by atoms with Crippen molar-refractivity contribution in [3.05, 3.63) is 35.9 Å². The molecule has 0 radical (unpaired) electrons. The fourth-order valence-electron chi connectivity index (χ4n) is 2.66. The minimum Gasteiger partial charge on any atom is -0.396 e. The Kier molecular flexibility index (Phi) is 5.65. The Hall–Kier alpha value is -1.59. The van der Waals surface area contributed by atoms with E-state index in [1.54, 1.807) is 0 Å². The van der Waals surface area contributed by atoms with E-state index in [1.807, 2.05) is 18.2 Å². The van der Waals surface area contributed by atoms with Crippen LogP contribution in [0.1, 0.15) is 45.2 Å². The maximum Gasteiger partial charge on any atom is 0.314 e. The molecule has 0 aliphatic heterocycles. The van der Waals surface area contributed by atoms with Crippen molar-refractivity contribution in [1.29, 1.82) is 0 Å². The molecule has 1 atom stereocenters. The van der Waals surface area contributed by atoms with Crippen molar-refractivity contribution in [1.82, 2.24) is 16.0 Å². The quantitative estimate of drug-likeness (QED) is 0.593. The number of urea groups is 1. The summed E-state index contributed by atoms with van der Waals surface area (Å²) in [5.74, 6) is 0. The number of nitrogens with one attached hydrogen (secondary N) is 3. The van der Waals surface area contributed by atoms with Gasteiger partial charge < -0.3 is 21.1 Å². The van der Waals surface area contributed by atoms with Crippen LogP contribution in [0.2, 0.25) is 0 Å². The molecule has 1 aliphatic carbocycles. The summed E-state index contributed by atoms with van der Waals surface area (Å²) in [6, 6.07) is 10.3. The lowest BCUT2D eigenvalue weighted by molar-refractivity contribution is 0.201. The first-order valence-electron chi connectivity index (χ1n) is 8.31. The molecule has 5 heteroatoms. The van der Waals surface area contributed by atoms with E-state index in [0.717, 1.165) is 12.8 Å². The van der Waals surface area contributed by atoms with E-state index >= 15 is 0 Å². The molecule has 0 saturated heterocycles. The van der Waals surface area contributed by atoms with Crippen molar-refractivity contribution < 1.29 is 9.90 Å². The van der Waals surface area contributed by atoms with Gasteiger partial charge in [0.25, 0.3) is 0 Å². The van der Waals surface area contributed by atoms with Gasteiger partial charge in [-0.1, -0.05) is 30.3 Å². The molecule has 5 nitrogen and oxygen atoms in total. The largest absolute Gasteiger partial charge is 0.396 e. The number of hydrogen-bond donors (Lipinski definition) is 4. The molecule has 1 aromatic rings. The first kappa shape index (κ1) is 17.8. The van der Waals surface area contributed by atoms with E-state index < -0.39 is 0 Å². The van der Waals surface area contributed by atoms with Gasteiger partial charge in [0, 0.05) is 30.1 Å². The van der Waals surface area contributed by atoms with Gasteiger partial charge in [0.15, 0.2) is 0 Å². The molecule has 1 unspecified atom stereocenters. The maximum absolute atomic E-state index is 11.9. The van der Waals surface area contributed by atoms with Crippen molar-refractivity contribution in [3.63, 3.8) is 0 Å². The van der Waals surface area contributed by atoms with E-state index in [4.69, 9.17) is 0 Å². The molecule has 0 heterocycles. The van der Waals surface area contributed by atoms with Crippen LogP contribution in [0.15, 0.2) is 30.3 Å². The Morgan fingerprint density at radius 3 is 2.48 bits per heavy atom. The van der Waals surface area contributed by atoms with Crippen LogP contribution in [0.25, 0.3) is 0 Å². The summed E-state index contributed by atoms with van der Waals surface area (Å²) in [6.07, 6.45) is 1.98. The fraction of sp³-hybridized carbons (Fsp3) is 0.611. The van der Waals surface area contributed by atoms with Crippen molar-refractivity contribution in [3.8, 4) is 0 Å². The van der Waals surface area contributed by atoms with Crippen molar-refractivity contribution in [2.75, 3.05) is 19.7 Å². The second-order valence-corrected chi connectivity index (χ2v) is 7.35. The van der Waals surface area contributed by atoms with Crippen LogP contribution in [0.3, 0.4) is 0 Å². The number of hydrogen-bond acceptors (Lipinski definition) is 3. The third-order valence-electron chi connectivity index (χ3n) is 4.51. The maximum atomic E-state index is 11.9. The Bertz CT molecular complexity index is 512. The summed E-state index contributed by atoms with van der Waals surface area (Å²) in [7, 11) is 0. The summed E-state index contributed by atoms with van der Waals surface area (Å²) < 4.78 is 0. The second kappa shape index (κ2) is 7.32. The van der Waals surface area contributed by atoms with E-state index in [9.17, 15) is 9.90 Å². The van der Waals surface area contributed by atoms with Crippen LogP contribution in [0, 0.1) is 5.41 Å². The third kappa shape index (κ3) is 5.52. The predicted molar refractivity (Wildman–Crippen MR) is 92.2 cm³/mol. The zero-order valence-corrected chi connectivity index (χ0v) is 14.4. The summed E-state index contributed by atoms with van der Waals surface area (Å²) in [5, 5.41) is 18.6. The molecule has 1 fully saturated rings. The number of amides is 2. The summed E-state index contributed by atoms with van der Waals surface area (Å²) in [4.78, 5) is 11.9. The molecule has 0 aromatic heterocycles. The number of carbonyl (C=O) groups is 1. The zero-order chi connectivity index (χ0) is 16.9. The van der Waals surface area contributed by atoms with E-state index in [-0.39, 0.29) is 29.6 Å². The normalized spacial score (nSPS) is 17.4. The Balaban J connectivity index is 1.73. The van der Waals surface area contributed by atoms with Crippen LogP contribution < -0.4 is 16.0 Å². The van der Waals surface area contributed by atoms with Crippen LogP contribution >= 0.6 is 0 Å². The van der Waals surface area contributed by atoms with Gasteiger partial charge >= 0.3 is 6.03 Å². The summed E-state index contributed by atoms with van der Waals surface area (Å²) in [6.45, 7) is 7.49. The lowest BCUT2D eigenvalue weighted by atomic mass is 10.0. The molecule has 128 valence electrons. The van der Waals surface area contributed by atoms with Crippen molar-refractivity contribution in [2.45, 2.75) is 45.2 Å². The Morgan fingerprint density at radius 2 is 1.91 bits per heavy atom. The van der Waals surface area contributed by atoms with Crippen LogP contribution in [0.4, 0.5) is 4.79 Å². The van der Waals surface area contributed by atoms with Crippen LogP contribution in [0.5, 0.6) is 0 Å². The molecule has 0 bridgehead atoms. The average molecular weight is 319 g/mol. The molecule has 4 N–H and O–H groups in total. The SMILES string of the molecule is CC(NC(C)(C)CNC(=O)NCC1(CO)CC1)c1ccccc1. The van der Waals surface area contributed by atoms with E-state index in [2.05, 4.69) is 48.9 Å². The van der Waals surface area contributed by atoms with Gasteiger partial charge in [0.2, 0.25) is 0 Å². The van der Waals surface area contributed by atoms with Crippen LogP contribution in [-0.4, -0.2) is 36.4 Å². The minimum absolute atomic E-state index is 0.0626. The van der Waals surface area contributed by atoms with E-state index in [0.29, 0.717) is 13.1 Å². The minimum atomic E-state index is -0.221. The van der Waals surface area contributed by atoms with Gasteiger partial charge in [-0.15, -0.1) is 0 Å². The predicted octanol–water partition coefficient (Wildman–Crippen LogP) is 2.19. The number of aliphatic hydroxyl groups excluding tert-OH is 1. The zero-order valence-electron chi connectivity index (χ0n) is 14.4. The highest BCUT2D eigenvalue weighted by molar-refractivity contribution is 5.74. The van der Waals surface area contributed by atoms with Gasteiger partial charge in [0.05, 0.1) is 6.61 Å². The highest BCUT2D eigenvalue weighted by atomic mass is 16.3. The first-order chi connectivity index (χ1) is 10.9. The third-order valence-corrected chi connectivity index (χ3v) is 4.51. The monoisotopic (exact) mass is 319 g/mol. The molecular formula is C18H29N3O2. The standard InChI is InChI=1S/C18H29N3O2/c1-14(15-7-5-4-6-8-15)21-17(2,3)11-19-16(23)20-12-18(13-22)9-10-18/h4-8,14,21-22H,9-13H2,1-3H3,(H2,19,20,23). The number of carbonyl (C=O) groups excluding carboxylic acids is 1. The number of rotatable bonds is 8. The lowest BCUT2D eigenvalue weighted by Gasteiger charge is -2.31. The van der Waals surface area contributed by atoms with Crippen molar-refractivity contribution >= 4 is 6.03 Å². The highest BCUT2D eigenvalue weighted by Gasteiger charge is 2.42. The number of benzene rings is 1. The van der Waals surface area contributed by atoms with Gasteiger partial charge in [-0.2, -0.15) is 0 Å². The van der Waals surface area contributed by atoms with Gasteiger partial charge in [-0.25, -0.2) is 4.79 Å². The highest BCUT2D eigenvalue weighted by Crippen LogP contribution is 2.44. The van der Waals surface area contributed by atoms with Crippen LogP contribution in [-0.2, 0) is 0 Å². The molecule has 1 aliphatic rings. The van der Waals surface area contributed by atoms with Gasteiger partial charge in [-0.05, 0) is 39.2 Å². The molecule has 2 amide bonds. The molecule has 1 aromatic carbocycles. The smallest absolute Gasteiger partial charge is 0.314 e. The lowest BCUT2D eigenvalue weighted by Crippen LogP contribution is -2.52. The van der Waals surface area contributed by atoms with Crippen molar-refractivity contribution in [2.24, 2.45) is 5.41 Å². The Morgan fingerprint density at radius 1 is 1.26 bits per heavy atom. The molecule has 0 spiro atoms. The van der Waals surface area contributed by atoms with E-state index in [1.165, 1.54) is 5.56 Å². The molecule has 2 rings (SSSR count). The average Bonchev–Trinajstić information content (AvgIpc) is 3.32. The second-order valence-electron chi connectivity index (χ2n) is 7.35. The Labute approximate surface area is 138 Å². The topological polar surface area (TPSA) is 73.4 Å². The van der Waals surface area contributed by atoms with Gasteiger partial charge in [-0.3, -0.25) is 0 Å². The summed E-state index contributed by atoms with van der Waals surface area (Å²) >= 11 is 0. The molecular weight excluding hydrogens is 290 g/mol.